The smallest absolute Gasteiger partial charge is 0.371 e. The summed E-state index contributed by atoms with van der Waals surface area (Å²) < 4.78 is 41.1. The third-order valence-electron chi connectivity index (χ3n) is 3.34. The maximum atomic E-state index is 12.1. The lowest BCUT2D eigenvalue weighted by atomic mass is 9.85. The maximum Gasteiger partial charge on any atom is 0.411 e. The number of ether oxygens (including phenoxy) is 1. The van der Waals surface area contributed by atoms with Crippen molar-refractivity contribution in [3.8, 4) is 0 Å². The van der Waals surface area contributed by atoms with Gasteiger partial charge in [0.05, 0.1) is 6.61 Å². The van der Waals surface area contributed by atoms with Crippen LogP contribution in [0.2, 0.25) is 0 Å². The number of alkyl halides is 3. The van der Waals surface area contributed by atoms with Gasteiger partial charge in [0, 0.05) is 12.0 Å². The molecule has 1 N–H and O–H groups in total. The molecule has 0 saturated heterocycles. The molecule has 0 aromatic rings. The summed E-state index contributed by atoms with van der Waals surface area (Å²) in [5.74, 6) is 1.05. The van der Waals surface area contributed by atoms with E-state index in [9.17, 15) is 13.2 Å². The molecule has 1 aliphatic carbocycles. The van der Waals surface area contributed by atoms with E-state index >= 15 is 0 Å². The first-order valence-corrected chi connectivity index (χ1v) is 6.58. The van der Waals surface area contributed by atoms with E-state index in [0.29, 0.717) is 11.8 Å². The lowest BCUT2D eigenvalue weighted by Gasteiger charge is -2.30. The average Bonchev–Trinajstić information content (AvgIpc) is 2.97. The van der Waals surface area contributed by atoms with Crippen LogP contribution in [0.4, 0.5) is 13.2 Å². The highest BCUT2D eigenvalue weighted by atomic mass is 19.4. The zero-order valence-corrected chi connectivity index (χ0v) is 11.4. The van der Waals surface area contributed by atoms with Gasteiger partial charge >= 0.3 is 6.18 Å². The fourth-order valence-electron chi connectivity index (χ4n) is 2.14. The number of hydrogen-bond donors (Lipinski definition) is 1. The predicted molar refractivity (Wildman–Crippen MR) is 65.4 cm³/mol. The summed E-state index contributed by atoms with van der Waals surface area (Å²) in [5.41, 5.74) is -0.167. The van der Waals surface area contributed by atoms with E-state index in [1.807, 2.05) is 6.92 Å². The molecule has 1 saturated carbocycles. The Hall–Kier alpha value is -0.290. The Morgan fingerprint density at radius 3 is 2.28 bits per heavy atom. The first kappa shape index (κ1) is 15.8. The van der Waals surface area contributed by atoms with Crippen LogP contribution in [-0.2, 0) is 4.74 Å². The molecule has 5 heteroatoms. The van der Waals surface area contributed by atoms with Crippen molar-refractivity contribution in [1.29, 1.82) is 0 Å². The van der Waals surface area contributed by atoms with E-state index < -0.39 is 12.8 Å². The van der Waals surface area contributed by atoms with Gasteiger partial charge < -0.3 is 10.1 Å². The summed E-state index contributed by atoms with van der Waals surface area (Å²) in [4.78, 5) is 0. The molecule has 0 amide bonds. The summed E-state index contributed by atoms with van der Waals surface area (Å²) in [5, 5.41) is 3.33. The summed E-state index contributed by atoms with van der Waals surface area (Å²) >= 11 is 0. The van der Waals surface area contributed by atoms with Crippen LogP contribution in [0.5, 0.6) is 0 Å². The van der Waals surface area contributed by atoms with Gasteiger partial charge in [0.2, 0.25) is 0 Å². The van der Waals surface area contributed by atoms with E-state index in [1.54, 1.807) is 0 Å². The standard InChI is InChI=1S/C13H24F3NO/c1-10(2)6-17-7-12(3,11-4-5-11)8-18-9-13(14,15)16/h10-11,17H,4-9H2,1-3H3. The quantitative estimate of drug-likeness (QED) is 0.729. The van der Waals surface area contributed by atoms with E-state index in [0.717, 1.165) is 25.9 Å². The Morgan fingerprint density at radius 1 is 1.22 bits per heavy atom. The monoisotopic (exact) mass is 267 g/mol. The van der Waals surface area contributed by atoms with Gasteiger partial charge in [-0.1, -0.05) is 20.8 Å². The van der Waals surface area contributed by atoms with Crippen molar-refractivity contribution in [3.05, 3.63) is 0 Å². The molecule has 1 rings (SSSR count). The Bertz CT molecular complexity index is 251. The van der Waals surface area contributed by atoms with Crippen molar-refractivity contribution in [1.82, 2.24) is 5.32 Å². The molecule has 0 radical (unpaired) electrons. The molecule has 0 aliphatic heterocycles. The molecular formula is C13H24F3NO. The van der Waals surface area contributed by atoms with Crippen molar-refractivity contribution in [2.75, 3.05) is 26.3 Å². The SMILES string of the molecule is CC(C)CNCC(C)(COCC(F)(F)F)C1CC1. The van der Waals surface area contributed by atoms with Gasteiger partial charge in [-0.25, -0.2) is 0 Å². The van der Waals surface area contributed by atoms with E-state index in [4.69, 9.17) is 4.74 Å². The molecule has 108 valence electrons. The molecule has 0 aromatic heterocycles. The second kappa shape index (κ2) is 6.24. The number of rotatable bonds is 8. The van der Waals surface area contributed by atoms with E-state index in [1.165, 1.54) is 0 Å². The second-order valence-corrected chi connectivity index (χ2v) is 6.06. The van der Waals surface area contributed by atoms with E-state index in [2.05, 4.69) is 19.2 Å². The molecule has 0 spiro atoms. The highest BCUT2D eigenvalue weighted by molar-refractivity contribution is 4.92. The van der Waals surface area contributed by atoms with Crippen LogP contribution in [0.3, 0.4) is 0 Å². The van der Waals surface area contributed by atoms with Gasteiger partial charge in [0.25, 0.3) is 0 Å². The molecule has 0 bridgehead atoms. The Kier molecular flexibility index (Phi) is 5.46. The summed E-state index contributed by atoms with van der Waals surface area (Å²) in [6, 6.07) is 0. The van der Waals surface area contributed by atoms with Crippen LogP contribution in [-0.4, -0.2) is 32.5 Å². The minimum absolute atomic E-state index is 0.167. The van der Waals surface area contributed by atoms with Gasteiger partial charge in [-0.05, 0) is 31.2 Å². The van der Waals surface area contributed by atoms with Crippen molar-refractivity contribution >= 4 is 0 Å². The van der Waals surface area contributed by atoms with Gasteiger partial charge in [-0.3, -0.25) is 0 Å². The summed E-state index contributed by atoms with van der Waals surface area (Å²) in [7, 11) is 0. The molecule has 2 nitrogen and oxygen atoms in total. The number of halogens is 3. The zero-order chi connectivity index (χ0) is 13.8. The predicted octanol–water partition coefficient (Wildman–Crippen LogP) is 3.23. The summed E-state index contributed by atoms with van der Waals surface area (Å²) in [6.07, 6.45) is -2.01. The van der Waals surface area contributed by atoms with Crippen LogP contribution in [0, 0.1) is 17.3 Å². The molecule has 18 heavy (non-hydrogen) atoms. The molecule has 1 unspecified atom stereocenters. The van der Waals surface area contributed by atoms with Crippen LogP contribution in [0.15, 0.2) is 0 Å². The van der Waals surface area contributed by atoms with Crippen molar-refractivity contribution < 1.29 is 17.9 Å². The largest absolute Gasteiger partial charge is 0.411 e. The first-order valence-electron chi connectivity index (χ1n) is 6.58. The van der Waals surface area contributed by atoms with Crippen molar-refractivity contribution in [2.45, 2.75) is 39.8 Å². The van der Waals surface area contributed by atoms with E-state index in [-0.39, 0.29) is 12.0 Å². The third-order valence-corrected chi connectivity index (χ3v) is 3.34. The van der Waals surface area contributed by atoms with Crippen LogP contribution in [0.25, 0.3) is 0 Å². The Labute approximate surface area is 107 Å². The summed E-state index contributed by atoms with van der Waals surface area (Å²) in [6.45, 7) is 6.91. The molecule has 1 fully saturated rings. The molecule has 1 atom stereocenters. The Morgan fingerprint density at radius 2 is 1.83 bits per heavy atom. The lowest BCUT2D eigenvalue weighted by Crippen LogP contribution is -2.39. The minimum atomic E-state index is -4.23. The Balaban J connectivity index is 2.33. The van der Waals surface area contributed by atoms with Crippen LogP contribution < -0.4 is 5.32 Å². The van der Waals surface area contributed by atoms with Gasteiger partial charge in [0.1, 0.15) is 6.61 Å². The zero-order valence-electron chi connectivity index (χ0n) is 11.4. The highest BCUT2D eigenvalue weighted by Gasteiger charge is 2.42. The number of nitrogens with one attached hydrogen (secondary N) is 1. The average molecular weight is 267 g/mol. The topological polar surface area (TPSA) is 21.3 Å². The normalized spacial score (nSPS) is 20.2. The highest BCUT2D eigenvalue weighted by Crippen LogP contribution is 2.45. The van der Waals surface area contributed by atoms with Crippen molar-refractivity contribution in [3.63, 3.8) is 0 Å². The van der Waals surface area contributed by atoms with Crippen molar-refractivity contribution in [2.24, 2.45) is 17.3 Å². The molecular weight excluding hydrogens is 243 g/mol. The van der Waals surface area contributed by atoms with Gasteiger partial charge in [-0.2, -0.15) is 13.2 Å². The first-order chi connectivity index (χ1) is 8.23. The molecule has 0 aromatic carbocycles. The molecule has 1 aliphatic rings. The minimum Gasteiger partial charge on any atom is -0.371 e. The van der Waals surface area contributed by atoms with Crippen LogP contribution >= 0.6 is 0 Å². The van der Waals surface area contributed by atoms with Gasteiger partial charge in [0.15, 0.2) is 0 Å². The van der Waals surface area contributed by atoms with Gasteiger partial charge in [-0.15, -0.1) is 0 Å². The van der Waals surface area contributed by atoms with Crippen LogP contribution in [0.1, 0.15) is 33.6 Å². The fourth-order valence-corrected chi connectivity index (χ4v) is 2.14. The fraction of sp³-hybridized carbons (Fsp3) is 1.00. The number of hydrogen-bond acceptors (Lipinski definition) is 2. The third kappa shape index (κ3) is 6.05. The molecule has 0 heterocycles. The second-order valence-electron chi connectivity index (χ2n) is 6.06. The lowest BCUT2D eigenvalue weighted by molar-refractivity contribution is -0.181. The maximum absolute atomic E-state index is 12.1.